The van der Waals surface area contributed by atoms with Crippen LogP contribution in [0.3, 0.4) is 0 Å². The molecule has 0 unspecified atom stereocenters. The van der Waals surface area contributed by atoms with Gasteiger partial charge in [0.25, 0.3) is 11.8 Å². The number of aromatic nitrogens is 2. The Balaban J connectivity index is 1.27. The van der Waals surface area contributed by atoms with Gasteiger partial charge in [0, 0.05) is 44.3 Å². The Bertz CT molecular complexity index is 1140. The highest BCUT2D eigenvalue weighted by Gasteiger charge is 2.17. The van der Waals surface area contributed by atoms with Gasteiger partial charge in [-0.15, -0.1) is 0 Å². The second-order valence-corrected chi connectivity index (χ2v) is 8.24. The van der Waals surface area contributed by atoms with Gasteiger partial charge >= 0.3 is 6.03 Å². The molecule has 10 nitrogen and oxygen atoms in total. The second-order valence-electron chi connectivity index (χ2n) is 8.24. The molecular formula is C25H29N5O5. The maximum absolute atomic E-state index is 12.5. The van der Waals surface area contributed by atoms with Gasteiger partial charge in [-0.05, 0) is 49.2 Å². The summed E-state index contributed by atoms with van der Waals surface area (Å²) < 4.78 is 16.2. The lowest BCUT2D eigenvalue weighted by Crippen LogP contribution is -2.33. The zero-order valence-electron chi connectivity index (χ0n) is 19.8. The maximum Gasteiger partial charge on any atom is 0.321 e. The van der Waals surface area contributed by atoms with Gasteiger partial charge in [-0.25, -0.2) is 4.79 Å². The minimum Gasteiger partial charge on any atom is -0.495 e. The first-order valence-corrected chi connectivity index (χ1v) is 11.5. The summed E-state index contributed by atoms with van der Waals surface area (Å²) in [7, 11) is 3.24. The molecule has 1 fully saturated rings. The molecule has 0 spiro atoms. The molecule has 1 aromatic heterocycles. The standard InChI is InChI=1S/C25H29N5O5/c1-30(25(32)27-20-7-3-4-8-21(20)33-2)14-13-22-28-24(35-29-22)18-11-9-17(10-12-18)23(31)26-16-19-6-5-15-34-19/h3-4,7-12,19H,5-6,13-16H2,1-2H3,(H,26,31)(H,27,32)/t19-/m1/s1. The first-order valence-electron chi connectivity index (χ1n) is 11.5. The molecule has 2 heterocycles. The second kappa shape index (κ2) is 11.5. The molecule has 184 valence electrons. The smallest absolute Gasteiger partial charge is 0.321 e. The number of rotatable bonds is 9. The fourth-order valence-corrected chi connectivity index (χ4v) is 3.68. The molecule has 0 aliphatic carbocycles. The van der Waals surface area contributed by atoms with Gasteiger partial charge < -0.3 is 29.5 Å². The number of ether oxygens (including phenoxy) is 2. The van der Waals surface area contributed by atoms with E-state index in [1.54, 1.807) is 50.6 Å². The van der Waals surface area contributed by atoms with Crippen molar-refractivity contribution < 1.29 is 23.6 Å². The lowest BCUT2D eigenvalue weighted by atomic mass is 10.1. The Morgan fingerprint density at radius 2 is 1.97 bits per heavy atom. The summed E-state index contributed by atoms with van der Waals surface area (Å²) in [6.07, 6.45) is 2.53. The van der Waals surface area contributed by atoms with Gasteiger partial charge in [-0.3, -0.25) is 4.79 Å². The van der Waals surface area contributed by atoms with Crippen molar-refractivity contribution in [1.82, 2.24) is 20.4 Å². The summed E-state index contributed by atoms with van der Waals surface area (Å²) >= 11 is 0. The van der Waals surface area contributed by atoms with Gasteiger partial charge in [0.1, 0.15) is 5.75 Å². The minimum absolute atomic E-state index is 0.0984. The van der Waals surface area contributed by atoms with Crippen LogP contribution in [-0.2, 0) is 11.2 Å². The van der Waals surface area contributed by atoms with Crippen LogP contribution in [-0.4, -0.2) is 66.9 Å². The van der Waals surface area contributed by atoms with Crippen LogP contribution < -0.4 is 15.4 Å². The van der Waals surface area contributed by atoms with E-state index in [4.69, 9.17) is 14.0 Å². The number of hydrogen-bond acceptors (Lipinski definition) is 7. The number of urea groups is 1. The summed E-state index contributed by atoms with van der Waals surface area (Å²) in [6, 6.07) is 13.9. The zero-order chi connectivity index (χ0) is 24.6. The molecule has 3 aromatic rings. The van der Waals surface area contributed by atoms with Gasteiger partial charge in [0.2, 0.25) is 0 Å². The van der Waals surface area contributed by atoms with E-state index in [-0.39, 0.29) is 18.0 Å². The van der Waals surface area contributed by atoms with Crippen LogP contribution in [0.5, 0.6) is 5.75 Å². The molecule has 2 N–H and O–H groups in total. The average Bonchev–Trinajstić information content (AvgIpc) is 3.58. The summed E-state index contributed by atoms with van der Waals surface area (Å²) in [5, 5.41) is 9.74. The number of para-hydroxylation sites is 2. The molecule has 35 heavy (non-hydrogen) atoms. The molecule has 0 bridgehead atoms. The number of nitrogens with zero attached hydrogens (tertiary/aromatic N) is 3. The van der Waals surface area contributed by atoms with Crippen LogP contribution in [0.1, 0.15) is 29.0 Å². The van der Waals surface area contributed by atoms with E-state index in [2.05, 4.69) is 20.8 Å². The Hall–Kier alpha value is -3.92. The van der Waals surface area contributed by atoms with Crippen molar-refractivity contribution in [3.8, 4) is 17.2 Å². The molecule has 2 aromatic carbocycles. The van der Waals surface area contributed by atoms with Crippen molar-refractivity contribution in [3.63, 3.8) is 0 Å². The Morgan fingerprint density at radius 1 is 1.17 bits per heavy atom. The highest BCUT2D eigenvalue weighted by atomic mass is 16.5. The predicted molar refractivity (Wildman–Crippen MR) is 129 cm³/mol. The van der Waals surface area contributed by atoms with E-state index in [1.165, 1.54) is 4.90 Å². The summed E-state index contributed by atoms with van der Waals surface area (Å²) in [5.74, 6) is 1.28. The van der Waals surface area contributed by atoms with Crippen LogP contribution in [0.25, 0.3) is 11.5 Å². The highest BCUT2D eigenvalue weighted by molar-refractivity contribution is 5.94. The number of anilines is 1. The van der Waals surface area contributed by atoms with Crippen molar-refractivity contribution in [2.24, 2.45) is 0 Å². The number of amides is 3. The third-order valence-electron chi connectivity index (χ3n) is 5.74. The lowest BCUT2D eigenvalue weighted by Gasteiger charge is -2.18. The van der Waals surface area contributed by atoms with Crippen LogP contribution in [0, 0.1) is 0 Å². The molecule has 1 atom stereocenters. The summed E-state index contributed by atoms with van der Waals surface area (Å²) in [6.45, 7) is 1.66. The highest BCUT2D eigenvalue weighted by Crippen LogP contribution is 2.23. The monoisotopic (exact) mass is 479 g/mol. The van der Waals surface area contributed by atoms with E-state index in [0.717, 1.165) is 19.4 Å². The number of nitrogens with one attached hydrogen (secondary N) is 2. The molecule has 0 saturated carbocycles. The Kier molecular flexibility index (Phi) is 7.94. The molecule has 10 heteroatoms. The Morgan fingerprint density at radius 3 is 2.71 bits per heavy atom. The number of methoxy groups -OCH3 is 1. The van der Waals surface area contributed by atoms with Crippen molar-refractivity contribution >= 4 is 17.6 Å². The Labute approximate surface area is 203 Å². The molecule has 1 aliphatic heterocycles. The largest absolute Gasteiger partial charge is 0.495 e. The minimum atomic E-state index is -0.272. The van der Waals surface area contributed by atoms with Crippen LogP contribution in [0.15, 0.2) is 53.1 Å². The predicted octanol–water partition coefficient (Wildman–Crippen LogP) is 3.36. The van der Waals surface area contributed by atoms with Crippen LogP contribution >= 0.6 is 0 Å². The van der Waals surface area contributed by atoms with Gasteiger partial charge in [-0.1, -0.05) is 17.3 Å². The third kappa shape index (κ3) is 6.36. The quantitative estimate of drug-likeness (QED) is 0.483. The van der Waals surface area contributed by atoms with E-state index in [0.29, 0.717) is 53.8 Å². The van der Waals surface area contributed by atoms with Gasteiger partial charge in [-0.2, -0.15) is 4.98 Å². The van der Waals surface area contributed by atoms with Gasteiger partial charge in [0.05, 0.1) is 18.9 Å². The molecular weight excluding hydrogens is 450 g/mol. The number of carbonyl (C=O) groups is 2. The number of benzene rings is 2. The first-order chi connectivity index (χ1) is 17.0. The molecule has 0 radical (unpaired) electrons. The fourth-order valence-electron chi connectivity index (χ4n) is 3.68. The normalized spacial score (nSPS) is 15.0. The third-order valence-corrected chi connectivity index (χ3v) is 5.74. The average molecular weight is 480 g/mol. The molecule has 3 amide bonds. The maximum atomic E-state index is 12.5. The van der Waals surface area contributed by atoms with E-state index in [1.807, 2.05) is 12.1 Å². The van der Waals surface area contributed by atoms with Crippen molar-refractivity contribution in [3.05, 3.63) is 59.9 Å². The lowest BCUT2D eigenvalue weighted by molar-refractivity contribution is 0.0858. The summed E-state index contributed by atoms with van der Waals surface area (Å²) in [5.41, 5.74) is 1.86. The molecule has 4 rings (SSSR count). The topological polar surface area (TPSA) is 119 Å². The van der Waals surface area contributed by atoms with E-state index >= 15 is 0 Å². The van der Waals surface area contributed by atoms with Crippen molar-refractivity contribution in [2.45, 2.75) is 25.4 Å². The first kappa shape index (κ1) is 24.2. The SMILES string of the molecule is COc1ccccc1NC(=O)N(C)CCc1noc(-c2ccc(C(=O)NC[C@H]3CCCO3)cc2)n1. The fraction of sp³-hybridized carbons (Fsp3) is 0.360. The number of carbonyl (C=O) groups excluding carboxylic acids is 2. The van der Waals surface area contributed by atoms with Crippen LogP contribution in [0.4, 0.5) is 10.5 Å². The van der Waals surface area contributed by atoms with Crippen LogP contribution in [0.2, 0.25) is 0 Å². The zero-order valence-corrected chi connectivity index (χ0v) is 19.8. The van der Waals surface area contributed by atoms with Gasteiger partial charge in [0.15, 0.2) is 5.82 Å². The number of hydrogen-bond donors (Lipinski definition) is 2. The van der Waals surface area contributed by atoms with E-state index in [9.17, 15) is 9.59 Å². The van der Waals surface area contributed by atoms with Crippen molar-refractivity contribution in [2.75, 3.05) is 39.2 Å². The molecule has 1 saturated heterocycles. The number of likely N-dealkylation sites (N-methyl/N-ethyl adjacent to an activating group) is 1. The van der Waals surface area contributed by atoms with E-state index < -0.39 is 0 Å². The summed E-state index contributed by atoms with van der Waals surface area (Å²) in [4.78, 5) is 30.8. The van der Waals surface area contributed by atoms with Crippen molar-refractivity contribution in [1.29, 1.82) is 0 Å². The molecule has 1 aliphatic rings.